The Bertz CT molecular complexity index is 1020. The molecule has 0 bridgehead atoms. The molecule has 1 atom stereocenters. The third-order valence-electron chi connectivity index (χ3n) is 7.28. The molecule has 1 aliphatic rings. The molecule has 0 radical (unpaired) electrons. The fraction of sp³-hybridized carbons (Fsp3) is 0.419. The summed E-state index contributed by atoms with van der Waals surface area (Å²) in [6.45, 7) is 8.99. The minimum absolute atomic E-state index is 0.116. The van der Waals surface area contributed by atoms with E-state index >= 15 is 0 Å². The number of hydrogen-bond donors (Lipinski definition) is 2. The summed E-state index contributed by atoms with van der Waals surface area (Å²) in [7, 11) is 0. The zero-order chi connectivity index (χ0) is 26.0. The van der Waals surface area contributed by atoms with Gasteiger partial charge in [-0.2, -0.15) is 0 Å². The molecule has 6 heteroatoms. The van der Waals surface area contributed by atoms with Crippen LogP contribution in [0.15, 0.2) is 72.8 Å². The zero-order valence-electron chi connectivity index (χ0n) is 21.8. The van der Waals surface area contributed by atoms with Crippen molar-refractivity contribution in [1.82, 2.24) is 15.1 Å². The average molecular weight is 508 g/mol. The molecule has 0 aromatic heterocycles. The highest BCUT2D eigenvalue weighted by Crippen LogP contribution is 2.30. The van der Waals surface area contributed by atoms with E-state index in [9.17, 15) is 13.9 Å². The molecule has 37 heavy (non-hydrogen) atoms. The Labute approximate surface area is 219 Å². The molecule has 0 spiro atoms. The van der Waals surface area contributed by atoms with E-state index in [1.165, 1.54) is 35.4 Å². The molecular formula is C31H39F2N3O. The number of halogens is 2. The van der Waals surface area contributed by atoms with Gasteiger partial charge in [-0.05, 0) is 67.3 Å². The molecule has 3 aromatic rings. The predicted molar refractivity (Wildman–Crippen MR) is 146 cm³/mol. The number of aliphatic hydroxyl groups is 1. The Morgan fingerprint density at radius 2 is 1.32 bits per heavy atom. The lowest BCUT2D eigenvalue weighted by Crippen LogP contribution is -2.49. The van der Waals surface area contributed by atoms with Crippen molar-refractivity contribution in [2.24, 2.45) is 0 Å². The fourth-order valence-electron chi connectivity index (χ4n) is 5.08. The minimum atomic E-state index is -0.385. The summed E-state index contributed by atoms with van der Waals surface area (Å²) in [6.07, 6.45) is 1.54. The lowest BCUT2D eigenvalue weighted by atomic mass is 9.87. The van der Waals surface area contributed by atoms with Gasteiger partial charge in [0, 0.05) is 51.7 Å². The molecule has 198 valence electrons. The second-order valence-corrected chi connectivity index (χ2v) is 10.2. The van der Waals surface area contributed by atoms with Crippen LogP contribution in [0.5, 0.6) is 0 Å². The van der Waals surface area contributed by atoms with E-state index in [0.29, 0.717) is 13.1 Å². The van der Waals surface area contributed by atoms with Gasteiger partial charge < -0.3 is 15.3 Å². The van der Waals surface area contributed by atoms with E-state index in [0.717, 1.165) is 63.2 Å². The van der Waals surface area contributed by atoms with Gasteiger partial charge in [0.05, 0.1) is 6.10 Å². The summed E-state index contributed by atoms with van der Waals surface area (Å²) in [5, 5.41) is 13.8. The van der Waals surface area contributed by atoms with Crippen molar-refractivity contribution in [3.8, 4) is 0 Å². The first-order valence-electron chi connectivity index (χ1n) is 13.4. The third-order valence-corrected chi connectivity index (χ3v) is 7.28. The van der Waals surface area contributed by atoms with Crippen LogP contribution in [0.3, 0.4) is 0 Å². The molecule has 1 unspecified atom stereocenters. The molecule has 2 N–H and O–H groups in total. The normalized spacial score (nSPS) is 15.8. The number of β-amino-alcohol motifs (C(OH)–C–C–N with tert-alkyl or cyclic N) is 1. The maximum Gasteiger partial charge on any atom is 0.123 e. The third kappa shape index (κ3) is 8.71. The number of aryl methyl sites for hydroxylation is 1. The maximum atomic E-state index is 13.5. The van der Waals surface area contributed by atoms with Gasteiger partial charge in [-0.3, -0.25) is 4.90 Å². The molecule has 0 saturated carbocycles. The highest BCUT2D eigenvalue weighted by Gasteiger charge is 2.20. The molecule has 1 aliphatic heterocycles. The number of rotatable bonds is 12. The first-order valence-corrected chi connectivity index (χ1v) is 13.4. The van der Waals surface area contributed by atoms with Gasteiger partial charge in [0.2, 0.25) is 0 Å². The van der Waals surface area contributed by atoms with Crippen molar-refractivity contribution in [2.45, 2.75) is 38.3 Å². The summed E-state index contributed by atoms with van der Waals surface area (Å²) in [5.41, 5.74) is 4.60. The number of aliphatic hydroxyl groups excluding tert-OH is 1. The first-order chi connectivity index (χ1) is 18.0. The Kier molecular flexibility index (Phi) is 10.2. The van der Waals surface area contributed by atoms with Gasteiger partial charge in [-0.1, -0.05) is 54.1 Å². The minimum Gasteiger partial charge on any atom is -0.390 e. The van der Waals surface area contributed by atoms with Crippen LogP contribution in [0.4, 0.5) is 8.78 Å². The summed E-state index contributed by atoms with van der Waals surface area (Å²) in [6, 6.07) is 21.8. The van der Waals surface area contributed by atoms with Gasteiger partial charge in [-0.25, -0.2) is 8.78 Å². The molecule has 4 rings (SSSR count). The predicted octanol–water partition coefficient (Wildman–Crippen LogP) is 4.95. The average Bonchev–Trinajstić information content (AvgIpc) is 2.90. The molecule has 0 aliphatic carbocycles. The molecule has 0 amide bonds. The highest BCUT2D eigenvalue weighted by molar-refractivity contribution is 5.32. The molecule has 1 heterocycles. The first kappa shape index (κ1) is 27.4. The summed E-state index contributed by atoms with van der Waals surface area (Å²) in [5.74, 6) is -0.372. The van der Waals surface area contributed by atoms with Crippen LogP contribution in [0, 0.1) is 18.6 Å². The van der Waals surface area contributed by atoms with E-state index < -0.39 is 0 Å². The van der Waals surface area contributed by atoms with Crippen LogP contribution in [0.2, 0.25) is 0 Å². The van der Waals surface area contributed by atoms with Crippen molar-refractivity contribution in [3.05, 3.63) is 107 Å². The Hall–Kier alpha value is -2.64. The molecule has 1 saturated heterocycles. The van der Waals surface area contributed by atoms with Gasteiger partial charge in [-0.15, -0.1) is 0 Å². The van der Waals surface area contributed by atoms with Gasteiger partial charge in [0.1, 0.15) is 11.6 Å². The number of nitrogens with one attached hydrogen (secondary N) is 1. The molecule has 3 aromatic carbocycles. The lowest BCUT2D eigenvalue weighted by Gasteiger charge is -2.36. The van der Waals surface area contributed by atoms with E-state index in [-0.39, 0.29) is 23.7 Å². The highest BCUT2D eigenvalue weighted by atomic mass is 19.1. The summed E-state index contributed by atoms with van der Waals surface area (Å²) >= 11 is 0. The van der Waals surface area contributed by atoms with Gasteiger partial charge >= 0.3 is 0 Å². The van der Waals surface area contributed by atoms with Crippen LogP contribution in [0.1, 0.15) is 41.0 Å². The quantitative estimate of drug-likeness (QED) is 0.364. The Morgan fingerprint density at radius 3 is 1.89 bits per heavy atom. The number of hydrogen-bond acceptors (Lipinski definition) is 4. The standard InChI is InChI=1S/C31H39F2N3O/c1-24-4-6-25(7-5-24)21-34-22-30(37)23-36-19-17-35(18-20-36)16-2-3-31(26-8-12-28(32)13-9-26)27-10-14-29(33)15-11-27/h4-15,30-31,34,37H,2-3,16-23H2,1H3. The Balaban J connectivity index is 1.17. The largest absolute Gasteiger partial charge is 0.390 e. The number of benzene rings is 3. The topological polar surface area (TPSA) is 38.7 Å². The van der Waals surface area contributed by atoms with Crippen molar-refractivity contribution in [3.63, 3.8) is 0 Å². The molecule has 4 nitrogen and oxygen atoms in total. The van der Waals surface area contributed by atoms with Crippen molar-refractivity contribution in [1.29, 1.82) is 0 Å². The van der Waals surface area contributed by atoms with E-state index in [2.05, 4.69) is 46.3 Å². The van der Waals surface area contributed by atoms with Crippen LogP contribution in [-0.2, 0) is 6.54 Å². The fourth-order valence-corrected chi connectivity index (χ4v) is 5.08. The molecular weight excluding hydrogens is 468 g/mol. The van der Waals surface area contributed by atoms with Crippen LogP contribution >= 0.6 is 0 Å². The number of nitrogens with zero attached hydrogens (tertiary/aromatic N) is 2. The van der Waals surface area contributed by atoms with E-state index in [1.54, 1.807) is 0 Å². The zero-order valence-corrected chi connectivity index (χ0v) is 21.8. The lowest BCUT2D eigenvalue weighted by molar-refractivity contribution is 0.0717. The van der Waals surface area contributed by atoms with Crippen molar-refractivity contribution >= 4 is 0 Å². The molecule has 1 fully saturated rings. The second kappa shape index (κ2) is 13.8. The second-order valence-electron chi connectivity index (χ2n) is 10.2. The SMILES string of the molecule is Cc1ccc(CNCC(O)CN2CCN(CCCC(c3ccc(F)cc3)c3ccc(F)cc3)CC2)cc1. The van der Waals surface area contributed by atoms with Gasteiger partial charge in [0.15, 0.2) is 0 Å². The van der Waals surface area contributed by atoms with Crippen LogP contribution < -0.4 is 5.32 Å². The van der Waals surface area contributed by atoms with Crippen molar-refractivity contribution in [2.75, 3.05) is 45.8 Å². The Morgan fingerprint density at radius 1 is 0.784 bits per heavy atom. The van der Waals surface area contributed by atoms with Crippen LogP contribution in [-0.4, -0.2) is 66.8 Å². The monoisotopic (exact) mass is 507 g/mol. The van der Waals surface area contributed by atoms with Gasteiger partial charge in [0.25, 0.3) is 0 Å². The van der Waals surface area contributed by atoms with E-state index in [4.69, 9.17) is 0 Å². The van der Waals surface area contributed by atoms with Crippen LogP contribution in [0.25, 0.3) is 0 Å². The summed E-state index contributed by atoms with van der Waals surface area (Å²) in [4.78, 5) is 4.82. The van der Waals surface area contributed by atoms with Crippen molar-refractivity contribution < 1.29 is 13.9 Å². The number of piperazine rings is 1. The van der Waals surface area contributed by atoms with E-state index in [1.807, 2.05) is 24.3 Å². The maximum absolute atomic E-state index is 13.5. The smallest absolute Gasteiger partial charge is 0.123 e. The summed E-state index contributed by atoms with van der Waals surface area (Å²) < 4.78 is 27.0.